The Hall–Kier alpha value is -0.300. The van der Waals surface area contributed by atoms with Crippen LogP contribution in [0.3, 0.4) is 0 Å². The molecule has 0 amide bonds. The fourth-order valence-electron chi connectivity index (χ4n) is 0.282. The summed E-state index contributed by atoms with van der Waals surface area (Å²) in [6.45, 7) is 4.32. The Kier molecular flexibility index (Phi) is 5.46. The van der Waals surface area contributed by atoms with Gasteiger partial charge in [0.15, 0.2) is 0 Å². The molecule has 1 nitrogen and oxygen atoms in total. The van der Waals surface area contributed by atoms with E-state index in [0.717, 1.165) is 6.42 Å². The number of hydrogen-bond donors (Lipinski definition) is 0. The van der Waals surface area contributed by atoms with Crippen LogP contribution in [0.5, 0.6) is 0 Å². The number of methoxy groups -OCH3 is 1. The van der Waals surface area contributed by atoms with E-state index >= 15 is 0 Å². The lowest BCUT2D eigenvalue weighted by molar-refractivity contribution is 0.233. The van der Waals surface area contributed by atoms with Gasteiger partial charge in [0, 0.05) is 7.11 Å². The van der Waals surface area contributed by atoms with Crippen molar-refractivity contribution >= 4 is 0 Å². The van der Waals surface area contributed by atoms with Crippen LogP contribution < -0.4 is 0 Å². The molecule has 0 saturated carbocycles. The highest BCUT2D eigenvalue weighted by Crippen LogP contribution is 1.77. The lowest BCUT2D eigenvalue weighted by Gasteiger charge is -1.83. The van der Waals surface area contributed by atoms with Gasteiger partial charge in [0.1, 0.15) is 0 Å². The standard InChI is InChI=1S/C6H11O/c1-3-4-5-6-7-2/h4-5H,1,3,6H2,2H3/b5-4+. The molecule has 0 aliphatic rings. The predicted octanol–water partition coefficient (Wildman–Crippen LogP) is 1.41. The van der Waals surface area contributed by atoms with Crippen molar-refractivity contribution in [3.05, 3.63) is 19.1 Å². The van der Waals surface area contributed by atoms with Gasteiger partial charge in [0.25, 0.3) is 0 Å². The molecule has 0 rings (SSSR count). The van der Waals surface area contributed by atoms with Crippen LogP contribution in [0.25, 0.3) is 0 Å². The minimum absolute atomic E-state index is 0.704. The Morgan fingerprint density at radius 2 is 2.29 bits per heavy atom. The summed E-state index contributed by atoms with van der Waals surface area (Å²) in [6.07, 6.45) is 4.78. The molecule has 1 heteroatoms. The van der Waals surface area contributed by atoms with E-state index in [-0.39, 0.29) is 0 Å². The first kappa shape index (κ1) is 6.70. The molecular weight excluding hydrogens is 88.1 g/mol. The third-order valence-corrected chi connectivity index (χ3v) is 0.596. The van der Waals surface area contributed by atoms with Crippen molar-refractivity contribution in [3.8, 4) is 0 Å². The molecule has 0 aromatic carbocycles. The predicted molar refractivity (Wildman–Crippen MR) is 31.0 cm³/mol. The van der Waals surface area contributed by atoms with E-state index in [4.69, 9.17) is 4.74 Å². The van der Waals surface area contributed by atoms with Gasteiger partial charge in [-0.3, -0.25) is 0 Å². The van der Waals surface area contributed by atoms with Crippen LogP contribution in [0.15, 0.2) is 12.2 Å². The van der Waals surface area contributed by atoms with Gasteiger partial charge in [-0.25, -0.2) is 0 Å². The molecule has 0 fully saturated rings. The van der Waals surface area contributed by atoms with E-state index in [2.05, 4.69) is 6.92 Å². The highest BCUT2D eigenvalue weighted by Gasteiger charge is 1.66. The van der Waals surface area contributed by atoms with E-state index in [1.54, 1.807) is 7.11 Å². The van der Waals surface area contributed by atoms with Gasteiger partial charge in [0.2, 0.25) is 0 Å². The van der Waals surface area contributed by atoms with Gasteiger partial charge in [-0.1, -0.05) is 12.2 Å². The van der Waals surface area contributed by atoms with Crippen molar-refractivity contribution in [2.24, 2.45) is 0 Å². The lowest BCUT2D eigenvalue weighted by atomic mass is 10.4. The zero-order valence-electron chi connectivity index (χ0n) is 4.68. The van der Waals surface area contributed by atoms with Gasteiger partial charge < -0.3 is 4.74 Å². The molecule has 0 aliphatic carbocycles. The van der Waals surface area contributed by atoms with Crippen LogP contribution in [0, 0.1) is 6.92 Å². The normalized spacial score (nSPS) is 10.6. The average Bonchev–Trinajstić information content (AvgIpc) is 1.69. The third kappa shape index (κ3) is 5.70. The SMILES string of the molecule is [CH2]C/C=C/COC. The van der Waals surface area contributed by atoms with Crippen LogP contribution in [0.1, 0.15) is 6.42 Å². The van der Waals surface area contributed by atoms with E-state index in [1.807, 2.05) is 12.2 Å². The second-order valence-electron chi connectivity index (χ2n) is 1.22. The Labute approximate surface area is 45.0 Å². The first-order chi connectivity index (χ1) is 3.41. The fraction of sp³-hybridized carbons (Fsp3) is 0.500. The summed E-state index contributed by atoms with van der Waals surface area (Å²) in [7, 11) is 1.67. The maximum absolute atomic E-state index is 4.73. The molecule has 41 valence electrons. The smallest absolute Gasteiger partial charge is 0.0643 e. The number of allylic oxidation sites excluding steroid dienone is 1. The van der Waals surface area contributed by atoms with Crippen LogP contribution in [-0.2, 0) is 4.74 Å². The Morgan fingerprint density at radius 1 is 1.57 bits per heavy atom. The van der Waals surface area contributed by atoms with Crippen molar-refractivity contribution in [2.45, 2.75) is 6.42 Å². The van der Waals surface area contributed by atoms with Gasteiger partial charge >= 0.3 is 0 Å². The largest absolute Gasteiger partial charge is 0.381 e. The van der Waals surface area contributed by atoms with E-state index < -0.39 is 0 Å². The molecule has 0 spiro atoms. The zero-order chi connectivity index (χ0) is 5.54. The number of hydrogen-bond acceptors (Lipinski definition) is 1. The second kappa shape index (κ2) is 5.70. The topological polar surface area (TPSA) is 9.23 Å². The average molecular weight is 99.2 g/mol. The summed E-state index contributed by atoms with van der Waals surface area (Å²) in [5, 5.41) is 0. The van der Waals surface area contributed by atoms with Crippen molar-refractivity contribution < 1.29 is 4.74 Å². The minimum atomic E-state index is 0.704. The molecule has 1 radical (unpaired) electrons. The summed E-state index contributed by atoms with van der Waals surface area (Å²) in [5.74, 6) is 0. The Bertz CT molecular complexity index is 48.1. The molecule has 0 N–H and O–H groups in total. The van der Waals surface area contributed by atoms with Gasteiger partial charge in [0.05, 0.1) is 6.61 Å². The quantitative estimate of drug-likeness (QED) is 0.486. The zero-order valence-corrected chi connectivity index (χ0v) is 4.68. The van der Waals surface area contributed by atoms with Crippen LogP contribution in [-0.4, -0.2) is 13.7 Å². The third-order valence-electron chi connectivity index (χ3n) is 0.596. The molecule has 0 unspecified atom stereocenters. The molecule has 0 aromatic heterocycles. The summed E-state index contributed by atoms with van der Waals surface area (Å²) < 4.78 is 4.73. The molecule has 7 heavy (non-hydrogen) atoms. The van der Waals surface area contributed by atoms with Crippen molar-refractivity contribution in [2.75, 3.05) is 13.7 Å². The van der Waals surface area contributed by atoms with Crippen LogP contribution >= 0.6 is 0 Å². The number of ether oxygens (including phenoxy) is 1. The van der Waals surface area contributed by atoms with Gasteiger partial charge in [-0.15, -0.1) is 0 Å². The molecule has 0 atom stereocenters. The van der Waals surface area contributed by atoms with E-state index in [9.17, 15) is 0 Å². The highest BCUT2D eigenvalue weighted by atomic mass is 16.5. The lowest BCUT2D eigenvalue weighted by Crippen LogP contribution is -1.78. The van der Waals surface area contributed by atoms with Crippen molar-refractivity contribution in [1.29, 1.82) is 0 Å². The van der Waals surface area contributed by atoms with Gasteiger partial charge in [-0.2, -0.15) is 0 Å². The summed E-state index contributed by atoms with van der Waals surface area (Å²) in [4.78, 5) is 0. The molecule has 0 aliphatic heterocycles. The molecule has 0 aromatic rings. The first-order valence-electron chi connectivity index (χ1n) is 2.35. The number of rotatable bonds is 3. The fourth-order valence-corrected chi connectivity index (χ4v) is 0.282. The second-order valence-corrected chi connectivity index (χ2v) is 1.22. The summed E-state index contributed by atoms with van der Waals surface area (Å²) >= 11 is 0. The Morgan fingerprint density at radius 3 is 2.71 bits per heavy atom. The summed E-state index contributed by atoms with van der Waals surface area (Å²) in [6, 6.07) is 0. The molecule has 0 bridgehead atoms. The summed E-state index contributed by atoms with van der Waals surface area (Å²) in [5.41, 5.74) is 0. The molecule has 0 saturated heterocycles. The van der Waals surface area contributed by atoms with Crippen molar-refractivity contribution in [1.82, 2.24) is 0 Å². The minimum Gasteiger partial charge on any atom is -0.381 e. The Balaban J connectivity index is 2.78. The van der Waals surface area contributed by atoms with Gasteiger partial charge in [-0.05, 0) is 13.3 Å². The molecular formula is C6H11O. The van der Waals surface area contributed by atoms with E-state index in [0.29, 0.717) is 6.61 Å². The maximum Gasteiger partial charge on any atom is 0.0643 e. The van der Waals surface area contributed by atoms with Crippen molar-refractivity contribution in [3.63, 3.8) is 0 Å². The first-order valence-corrected chi connectivity index (χ1v) is 2.35. The monoisotopic (exact) mass is 99.1 g/mol. The highest BCUT2D eigenvalue weighted by molar-refractivity contribution is 4.81. The van der Waals surface area contributed by atoms with Crippen LogP contribution in [0.2, 0.25) is 0 Å². The molecule has 0 heterocycles. The van der Waals surface area contributed by atoms with E-state index in [1.165, 1.54) is 0 Å². The maximum atomic E-state index is 4.73. The van der Waals surface area contributed by atoms with Crippen LogP contribution in [0.4, 0.5) is 0 Å².